The normalized spacial score (nSPS) is 23.0. The molecule has 1 saturated carbocycles. The lowest BCUT2D eigenvalue weighted by atomic mass is 9.75. The number of hydrogen-bond acceptors (Lipinski definition) is 3. The molecule has 28 heavy (non-hydrogen) atoms. The second-order valence-corrected chi connectivity index (χ2v) is 8.36. The number of ether oxygens (including phenoxy) is 1. The van der Waals surface area contributed by atoms with E-state index >= 15 is 0 Å². The summed E-state index contributed by atoms with van der Waals surface area (Å²) in [4.78, 5) is 19.0. The van der Waals surface area contributed by atoms with E-state index in [2.05, 4.69) is 25.8 Å². The van der Waals surface area contributed by atoms with Crippen LogP contribution in [0.5, 0.6) is 0 Å². The van der Waals surface area contributed by atoms with Crippen molar-refractivity contribution >= 4 is 17.5 Å². The van der Waals surface area contributed by atoms with Crippen LogP contribution in [0.3, 0.4) is 0 Å². The average molecular weight is 391 g/mol. The zero-order valence-electron chi connectivity index (χ0n) is 18.2. The van der Waals surface area contributed by atoms with Crippen molar-refractivity contribution in [2.45, 2.75) is 66.4 Å². The minimum absolute atomic E-state index is 0.0422. The lowest BCUT2D eigenvalue weighted by Gasteiger charge is -2.37. The number of nitrogens with zero attached hydrogens (tertiary/aromatic N) is 2. The van der Waals surface area contributed by atoms with Crippen molar-refractivity contribution in [3.63, 3.8) is 0 Å². The number of amidine groups is 1. The molecule has 0 unspecified atom stereocenters. The number of hydrogen-bond donors (Lipinski definition) is 0. The molecule has 1 aromatic carbocycles. The van der Waals surface area contributed by atoms with Gasteiger partial charge in [-0.3, -0.25) is 9.79 Å². The van der Waals surface area contributed by atoms with Gasteiger partial charge in [0.1, 0.15) is 24.3 Å². The van der Waals surface area contributed by atoms with Crippen molar-refractivity contribution in [2.24, 2.45) is 22.7 Å². The number of anilines is 1. The Bertz CT molecular complexity index is 702. The predicted molar refractivity (Wildman–Crippen MR) is 113 cm³/mol. The minimum atomic E-state index is -0.327. The fourth-order valence-electron chi connectivity index (χ4n) is 4.24. The Kier molecular flexibility index (Phi) is 8.02. The third kappa shape index (κ3) is 5.55. The van der Waals surface area contributed by atoms with E-state index in [1.807, 2.05) is 13.8 Å². The summed E-state index contributed by atoms with van der Waals surface area (Å²) in [6, 6.07) is 4.62. The molecular formula is C23H35FN2O2. The van der Waals surface area contributed by atoms with Crippen molar-refractivity contribution in [3.8, 4) is 0 Å². The van der Waals surface area contributed by atoms with E-state index in [-0.39, 0.29) is 24.4 Å². The lowest BCUT2D eigenvalue weighted by Crippen LogP contribution is -2.41. The van der Waals surface area contributed by atoms with E-state index in [0.29, 0.717) is 29.9 Å². The van der Waals surface area contributed by atoms with Gasteiger partial charge < -0.3 is 9.64 Å². The zero-order chi connectivity index (χ0) is 20.8. The van der Waals surface area contributed by atoms with Gasteiger partial charge in [0.25, 0.3) is 0 Å². The number of aliphatic imine (C=N–C) groups is 1. The Morgan fingerprint density at radius 2 is 2.07 bits per heavy atom. The Morgan fingerprint density at radius 3 is 2.68 bits per heavy atom. The Balaban J connectivity index is 2.21. The smallest absolute Gasteiger partial charge is 0.326 e. The monoisotopic (exact) mass is 390 g/mol. The van der Waals surface area contributed by atoms with Gasteiger partial charge in [0.2, 0.25) is 0 Å². The van der Waals surface area contributed by atoms with E-state index in [4.69, 9.17) is 4.74 Å². The number of halogens is 1. The van der Waals surface area contributed by atoms with Crippen LogP contribution in [0.4, 0.5) is 10.1 Å². The van der Waals surface area contributed by atoms with Crippen LogP contribution >= 0.6 is 0 Å². The molecule has 3 atom stereocenters. The number of carbonyl (C=O) groups excluding carboxylic acids is 1. The highest BCUT2D eigenvalue weighted by atomic mass is 19.1. The van der Waals surface area contributed by atoms with E-state index in [1.165, 1.54) is 18.6 Å². The number of carbonyl (C=O) groups is 1. The fourth-order valence-corrected chi connectivity index (χ4v) is 4.24. The van der Waals surface area contributed by atoms with Crippen molar-refractivity contribution in [1.82, 2.24) is 0 Å². The van der Waals surface area contributed by atoms with Gasteiger partial charge in [-0.1, -0.05) is 40.2 Å². The van der Waals surface area contributed by atoms with Crippen molar-refractivity contribution in [1.29, 1.82) is 0 Å². The topological polar surface area (TPSA) is 41.9 Å². The third-order valence-electron chi connectivity index (χ3n) is 5.88. The molecule has 1 aliphatic carbocycles. The first-order valence-corrected chi connectivity index (χ1v) is 10.5. The number of aryl methyl sites for hydroxylation is 1. The number of benzene rings is 1. The molecule has 5 heteroatoms. The summed E-state index contributed by atoms with van der Waals surface area (Å²) in [6.45, 7) is 10.5. The molecule has 0 saturated heterocycles. The largest absolute Gasteiger partial charge is 0.461 e. The minimum Gasteiger partial charge on any atom is -0.461 e. The molecule has 0 heterocycles. The highest BCUT2D eigenvalue weighted by molar-refractivity contribution is 6.01. The van der Waals surface area contributed by atoms with Gasteiger partial charge >= 0.3 is 5.97 Å². The molecule has 4 nitrogen and oxygen atoms in total. The average Bonchev–Trinajstić information content (AvgIpc) is 2.63. The van der Waals surface area contributed by atoms with E-state index in [0.717, 1.165) is 24.2 Å². The Labute approximate surface area is 169 Å². The van der Waals surface area contributed by atoms with Crippen LogP contribution in [0.1, 0.15) is 58.9 Å². The lowest BCUT2D eigenvalue weighted by molar-refractivity contribution is -0.154. The first-order chi connectivity index (χ1) is 13.3. The summed E-state index contributed by atoms with van der Waals surface area (Å²) in [5, 5.41) is 0. The van der Waals surface area contributed by atoms with Gasteiger partial charge in [0.05, 0.1) is 0 Å². The highest BCUT2D eigenvalue weighted by Gasteiger charge is 2.34. The molecule has 1 aliphatic rings. The summed E-state index contributed by atoms with van der Waals surface area (Å²) in [7, 11) is 1.70. The maximum absolute atomic E-state index is 13.9. The Morgan fingerprint density at radius 1 is 1.36 bits per heavy atom. The number of esters is 1. The molecule has 156 valence electrons. The van der Waals surface area contributed by atoms with Crippen molar-refractivity contribution < 1.29 is 13.9 Å². The molecule has 0 radical (unpaired) electrons. The maximum Gasteiger partial charge on any atom is 0.326 e. The molecule has 1 aromatic rings. The van der Waals surface area contributed by atoms with Crippen LogP contribution in [0.2, 0.25) is 0 Å². The molecule has 0 aliphatic heterocycles. The van der Waals surface area contributed by atoms with E-state index in [9.17, 15) is 9.18 Å². The summed E-state index contributed by atoms with van der Waals surface area (Å²) >= 11 is 0. The van der Waals surface area contributed by atoms with Gasteiger partial charge in [-0.25, -0.2) is 4.39 Å². The quantitative estimate of drug-likeness (QED) is 0.372. The summed E-state index contributed by atoms with van der Waals surface area (Å²) < 4.78 is 19.9. The molecule has 0 N–H and O–H groups in total. The second kappa shape index (κ2) is 10.0. The summed E-state index contributed by atoms with van der Waals surface area (Å²) in [5.74, 6) is 1.58. The molecule has 0 amide bonds. The molecule has 0 bridgehead atoms. The number of rotatable bonds is 6. The van der Waals surface area contributed by atoms with Gasteiger partial charge in [0.15, 0.2) is 0 Å². The van der Waals surface area contributed by atoms with Gasteiger partial charge in [0, 0.05) is 19.2 Å². The first kappa shape index (κ1) is 22.4. The second-order valence-electron chi connectivity index (χ2n) is 8.36. The van der Waals surface area contributed by atoms with Gasteiger partial charge in [-0.2, -0.15) is 0 Å². The van der Waals surface area contributed by atoms with E-state index < -0.39 is 0 Å². The molecule has 2 rings (SSSR count). The molecule has 0 spiro atoms. The SMILES string of the molecule is CCC(=NC)N(CC(=O)O[C@@H]1C[C@H](C)CC[C@H]1C(C)C)c1cc(F)ccc1C. The van der Waals surface area contributed by atoms with Crippen LogP contribution in [0, 0.1) is 30.5 Å². The Hall–Kier alpha value is -1.91. The van der Waals surface area contributed by atoms with Crippen LogP contribution in [0.15, 0.2) is 23.2 Å². The maximum atomic E-state index is 13.9. The zero-order valence-corrected chi connectivity index (χ0v) is 18.2. The fraction of sp³-hybridized carbons (Fsp3) is 0.652. The van der Waals surface area contributed by atoms with Crippen LogP contribution in [-0.4, -0.2) is 31.5 Å². The molecule has 0 aromatic heterocycles. The van der Waals surface area contributed by atoms with Crippen LogP contribution < -0.4 is 4.90 Å². The molecule has 1 fully saturated rings. The van der Waals surface area contributed by atoms with Crippen LogP contribution in [0.25, 0.3) is 0 Å². The summed E-state index contributed by atoms with van der Waals surface area (Å²) in [6.07, 6.45) is 3.80. The van der Waals surface area contributed by atoms with E-state index in [1.54, 1.807) is 18.0 Å². The third-order valence-corrected chi connectivity index (χ3v) is 5.88. The summed E-state index contributed by atoms with van der Waals surface area (Å²) in [5.41, 5.74) is 1.56. The van der Waals surface area contributed by atoms with Crippen molar-refractivity contribution in [3.05, 3.63) is 29.6 Å². The predicted octanol–water partition coefficient (Wildman–Crippen LogP) is 5.38. The molecular weight excluding hydrogens is 355 g/mol. The van der Waals surface area contributed by atoms with Gasteiger partial charge in [-0.05, 0) is 55.2 Å². The standard InChI is InChI=1S/C23H35FN2O2/c1-7-22(25-6)26(20-13-18(24)10-9-17(20)5)14-23(27)28-21-12-16(4)8-11-19(21)15(2)3/h9-10,13,15-16,19,21H,7-8,11-12,14H2,1-6H3/t16-,19+,21-/m1/s1. The van der Waals surface area contributed by atoms with Crippen molar-refractivity contribution in [2.75, 3.05) is 18.5 Å². The first-order valence-electron chi connectivity index (χ1n) is 10.5. The van der Waals surface area contributed by atoms with Crippen LogP contribution in [-0.2, 0) is 9.53 Å². The van der Waals surface area contributed by atoms with Gasteiger partial charge in [-0.15, -0.1) is 0 Å². The highest BCUT2D eigenvalue weighted by Crippen LogP contribution is 2.35.